The number of hydroxylamine groups is 4. The molecule has 10 rings (SSSR count). The van der Waals surface area contributed by atoms with Gasteiger partial charge in [-0.05, 0) is 121 Å². The third-order valence-corrected chi connectivity index (χ3v) is 15.0. The van der Waals surface area contributed by atoms with Gasteiger partial charge in [-0.15, -0.1) is 30.6 Å². The lowest BCUT2D eigenvalue weighted by molar-refractivity contribution is -0.171. The molecule has 9 amide bonds. The van der Waals surface area contributed by atoms with Gasteiger partial charge in [-0.3, -0.25) is 47.9 Å². The summed E-state index contributed by atoms with van der Waals surface area (Å²) in [5, 5.41) is 128. The van der Waals surface area contributed by atoms with Crippen LogP contribution in [0.15, 0.2) is 211 Å². The number of imide groups is 2. The van der Waals surface area contributed by atoms with Crippen LogP contribution in [0, 0.1) is 0 Å². The van der Waals surface area contributed by atoms with Gasteiger partial charge in [0.1, 0.15) is 45.7 Å². The summed E-state index contributed by atoms with van der Waals surface area (Å²) in [5.41, 5.74) is 7.70. The van der Waals surface area contributed by atoms with E-state index >= 15 is 0 Å². The number of phenols is 4. The maximum Gasteiger partial charge on any atom is 0.421 e. The van der Waals surface area contributed by atoms with Gasteiger partial charge in [-0.1, -0.05) is 48.5 Å². The van der Waals surface area contributed by atoms with Gasteiger partial charge < -0.3 is 87.4 Å². The van der Waals surface area contributed by atoms with E-state index in [2.05, 4.69) is 71.5 Å². The Bertz CT molecular complexity index is 5270. The number of nitrogens with two attached hydrogens (primary N) is 1. The third kappa shape index (κ3) is 28.0. The van der Waals surface area contributed by atoms with Gasteiger partial charge in [0.05, 0.1) is 70.7 Å². The van der Waals surface area contributed by atoms with E-state index in [0.717, 1.165) is 15.1 Å². The predicted molar refractivity (Wildman–Crippen MR) is 404 cm³/mol. The second-order valence-electron chi connectivity index (χ2n) is 23.4. The van der Waals surface area contributed by atoms with Crippen molar-refractivity contribution in [1.82, 2.24) is 36.3 Å². The minimum absolute atomic E-state index is 0.0150. The van der Waals surface area contributed by atoms with E-state index < -0.39 is 89.0 Å². The van der Waals surface area contributed by atoms with E-state index in [1.54, 1.807) is 48.5 Å². The molecule has 42 nitrogen and oxygen atoms in total. The second-order valence-corrected chi connectivity index (χ2v) is 23.4. The summed E-state index contributed by atoms with van der Waals surface area (Å²) in [6.45, 7) is 0. The zero-order chi connectivity index (χ0) is 85.3. The molecule has 46 heteroatoms. The fourth-order valence-corrected chi connectivity index (χ4v) is 9.50. The molecule has 8 aromatic rings. The van der Waals surface area contributed by atoms with Gasteiger partial charge >= 0.3 is 65.8 Å². The molecule has 16 N–H and O–H groups in total. The first-order chi connectivity index (χ1) is 55.9. The average Bonchev–Trinajstić information content (AvgIpc) is 1.85. The summed E-state index contributed by atoms with van der Waals surface area (Å²) in [4.78, 5) is 181. The Labute approximate surface area is 660 Å². The van der Waals surface area contributed by atoms with Crippen LogP contribution >= 0.6 is 0 Å². The molecular formula is C71H60B4N16O26. The molecule has 2 fully saturated rings. The number of aromatic hydroxyl groups is 4. The average molecular weight is 1600 g/mol. The van der Waals surface area contributed by atoms with Crippen LogP contribution in [0.25, 0.3) is 0 Å². The van der Waals surface area contributed by atoms with Crippen LogP contribution in [0.3, 0.4) is 0 Å². The second kappa shape index (κ2) is 43.4. The summed E-state index contributed by atoms with van der Waals surface area (Å²) in [7, 11) is 3.08. The number of azo groups is 4. The summed E-state index contributed by atoms with van der Waals surface area (Å²) < 4.78 is 0. The Balaban J connectivity index is 0.000000218. The first-order valence-electron chi connectivity index (χ1n) is 33.4. The zero-order valence-corrected chi connectivity index (χ0v) is 60.1. The number of carboxylic acids is 4. The molecule has 117 heavy (non-hydrogen) atoms. The van der Waals surface area contributed by atoms with Gasteiger partial charge in [0.2, 0.25) is 23.6 Å². The number of rotatable bonds is 29. The number of nitrogens with zero attached hydrogens (tertiary/aromatic N) is 10. The van der Waals surface area contributed by atoms with Crippen molar-refractivity contribution >= 4 is 164 Å². The molecule has 2 saturated heterocycles. The van der Waals surface area contributed by atoms with Crippen LogP contribution in [-0.2, 0) is 73.7 Å². The first-order valence-corrected chi connectivity index (χ1v) is 33.4. The molecule has 0 unspecified atom stereocenters. The Morgan fingerprint density at radius 3 is 0.915 bits per heavy atom. The van der Waals surface area contributed by atoms with Crippen molar-refractivity contribution in [3.8, 4) is 23.0 Å². The highest BCUT2D eigenvalue weighted by atomic mass is 16.7. The molecule has 0 atom stereocenters. The minimum Gasteiger partial charge on any atom is -0.508 e. The van der Waals surface area contributed by atoms with Crippen molar-refractivity contribution in [2.45, 2.75) is 51.4 Å². The Kier molecular flexibility index (Phi) is 32.7. The van der Waals surface area contributed by atoms with Gasteiger partial charge in [-0.2, -0.15) is 20.5 Å². The van der Waals surface area contributed by atoms with E-state index in [1.807, 2.05) is 5.23 Å². The fourth-order valence-electron chi connectivity index (χ4n) is 9.50. The lowest BCUT2D eigenvalue weighted by Crippen LogP contribution is -2.44. The number of aromatic carboxylic acids is 4. The number of carbonyl (C=O) groups is 15. The molecule has 0 aromatic heterocycles. The van der Waals surface area contributed by atoms with E-state index in [0.29, 0.717) is 36.2 Å². The van der Waals surface area contributed by atoms with Crippen molar-refractivity contribution in [3.63, 3.8) is 0 Å². The maximum absolute atomic E-state index is 12.1. The summed E-state index contributed by atoms with van der Waals surface area (Å²) in [5.74, 6) is -12.6. The summed E-state index contributed by atoms with van der Waals surface area (Å²) >= 11 is 0. The number of carboxylic acid groups (broad SMARTS) is 5. The lowest BCUT2D eigenvalue weighted by atomic mass is 9.95. The molecule has 592 valence electrons. The number of benzene rings is 8. The SMILES string of the molecule is N[B]NC(=O)Cc1cc(N=Nc2ccccc2C(=O)O)ccc1O.O=C(Cc1cc(N=Nc2ccccc2C(=O)O)ccc1O)N[B]C(=O)ON1C(=O)CCC1=O.O=C(Cc1cc(N=Nc2ccccc2C(=O)O)ccc1O)N[B]NC(=O)ON1C(=O)CCC1=O.O=C(O)[B]NC(=O)Cc1cc(N=Nc2ccccc2C(=O)O)ccc1O. The van der Waals surface area contributed by atoms with Crippen LogP contribution in [-0.4, -0.2) is 175 Å². The normalized spacial score (nSPS) is 12.0. The smallest absolute Gasteiger partial charge is 0.421 e. The van der Waals surface area contributed by atoms with Crippen LogP contribution in [0.1, 0.15) is 89.4 Å². The molecule has 4 radical (unpaired) electrons. The van der Waals surface area contributed by atoms with Crippen molar-refractivity contribution in [2.24, 2.45) is 46.6 Å². The predicted octanol–water partition coefficient (Wildman–Crippen LogP) is 7.59. The molecule has 8 aromatic carbocycles. The van der Waals surface area contributed by atoms with E-state index in [9.17, 15) is 103 Å². The molecule has 2 aliphatic heterocycles. The Morgan fingerprint density at radius 2 is 0.624 bits per heavy atom. The molecule has 0 bridgehead atoms. The van der Waals surface area contributed by atoms with Crippen LogP contribution in [0.4, 0.5) is 59.9 Å². The number of hydrogen-bond acceptors (Lipinski definition) is 30. The molecular weight excluding hydrogens is 1540 g/mol. The van der Waals surface area contributed by atoms with Gasteiger partial charge in [-0.25, -0.2) is 24.0 Å². The molecule has 0 saturated carbocycles. The molecule has 0 aliphatic carbocycles. The van der Waals surface area contributed by atoms with Crippen molar-refractivity contribution in [3.05, 3.63) is 214 Å². The number of carbonyl (C=O) groups excluding carboxylic acids is 10. The van der Waals surface area contributed by atoms with Crippen LogP contribution in [0.2, 0.25) is 0 Å². The lowest BCUT2D eigenvalue weighted by Gasteiger charge is -2.13. The topological polar surface area (TPSA) is 648 Å². The fraction of sp³-hybridized carbons (Fsp3) is 0.113. The Hall–Kier alpha value is -16.2. The highest BCUT2D eigenvalue weighted by molar-refractivity contribution is 6.72. The summed E-state index contributed by atoms with van der Waals surface area (Å²) in [6.07, 6.45) is -2.42. The largest absolute Gasteiger partial charge is 0.508 e. The highest BCUT2D eigenvalue weighted by Crippen LogP contribution is 2.32. The zero-order valence-electron chi connectivity index (χ0n) is 60.1. The standard InChI is InChI=1S/C20H17BN5O8.C20H16BN4O8.C16H13BN3O6.C15H14BN4O4/c27-15-6-5-12(24-25-14-4-2-1-3-13(14)19(31)32)9-11(15)10-16(28)22-21-23-20(33)34-26-17(29)7-8-18(26)30;26-15-6-5-12(23-24-14-4-2-1-3-13(14)19(30)31)9-11(15)10-16(27)22-21-20(32)33-25-17(28)7-8-18(25)29;21-13-6-5-10(7-9(13)8-14(22)18-17-16(25)26)19-20-12-4-2-1-3-11(12)15(23)24;17-16-18-14(22)8-9-7-10(5-6-13(9)21)19-20-12-4-2-1-3-11(12)15(23)24/h1-6,9,27H,7-8,10H2,(H,22,28)(H,23,33)(H,31,32);1-6,9,26H,7-8,10H2,(H,22,27)(H,30,31);1-7,21H,8H2,(H,18,22)(H,23,24)(H,25,26);1-7,21H,8,17H2,(H,18,22)(H,23,24). The van der Waals surface area contributed by atoms with Crippen molar-refractivity contribution < 1.29 is 128 Å². The van der Waals surface area contributed by atoms with E-state index in [4.69, 9.17) is 21.0 Å². The minimum atomic E-state index is -1.30. The third-order valence-electron chi connectivity index (χ3n) is 15.0. The quantitative estimate of drug-likeness (QED) is 0.0122. The molecule has 0 spiro atoms. The number of amides is 9. The van der Waals surface area contributed by atoms with Gasteiger partial charge in [0.25, 0.3) is 29.5 Å². The maximum atomic E-state index is 12.1. The van der Waals surface area contributed by atoms with Crippen molar-refractivity contribution in [2.75, 3.05) is 0 Å². The van der Waals surface area contributed by atoms with Gasteiger partial charge in [0.15, 0.2) is 0 Å². The van der Waals surface area contributed by atoms with Crippen molar-refractivity contribution in [1.29, 1.82) is 0 Å². The molecule has 2 heterocycles. The highest BCUT2D eigenvalue weighted by Gasteiger charge is 2.34. The number of nitrogens with one attached hydrogen (secondary N) is 5. The van der Waals surface area contributed by atoms with E-state index in [-0.39, 0.29) is 153 Å². The Morgan fingerprint density at radius 1 is 0.350 bits per heavy atom. The van der Waals surface area contributed by atoms with E-state index in [1.165, 1.54) is 121 Å². The first kappa shape index (κ1) is 88.0. The monoisotopic (exact) mass is 1600 g/mol. The molecule has 2 aliphatic rings. The number of phenolic OH excluding ortho intramolecular Hbond substituents is 4. The van der Waals surface area contributed by atoms with Crippen LogP contribution < -0.4 is 31.8 Å². The van der Waals surface area contributed by atoms with Gasteiger partial charge in [0, 0.05) is 47.9 Å². The summed E-state index contributed by atoms with van der Waals surface area (Å²) in [6, 6.07) is 40.9. The van der Waals surface area contributed by atoms with Crippen LogP contribution in [0.5, 0.6) is 23.0 Å². The number of hydrogen-bond donors (Lipinski definition) is 15.